The van der Waals surface area contributed by atoms with Crippen LogP contribution >= 0.6 is 0 Å². The molecule has 27 heavy (non-hydrogen) atoms. The molecule has 1 heterocycles. The van der Waals surface area contributed by atoms with E-state index in [0.29, 0.717) is 19.8 Å². The molecule has 0 aromatic heterocycles. The van der Waals surface area contributed by atoms with Crippen LogP contribution < -0.4 is 14.8 Å². The van der Waals surface area contributed by atoms with E-state index >= 15 is 0 Å². The fourth-order valence-corrected chi connectivity index (χ4v) is 3.08. The fourth-order valence-electron chi connectivity index (χ4n) is 3.08. The summed E-state index contributed by atoms with van der Waals surface area (Å²) in [5, 5.41) is 3.21. The SMILES string of the molecule is CC1CCN(C(=O)CNc2cccc(OCCOc3ccccc3)c2)CC1. The van der Waals surface area contributed by atoms with Gasteiger partial charge < -0.3 is 19.7 Å². The molecule has 2 aromatic rings. The van der Waals surface area contributed by atoms with Gasteiger partial charge in [-0.1, -0.05) is 31.2 Å². The van der Waals surface area contributed by atoms with Crippen LogP contribution in [0.4, 0.5) is 5.69 Å². The number of rotatable bonds is 8. The van der Waals surface area contributed by atoms with Gasteiger partial charge in [-0.25, -0.2) is 0 Å². The van der Waals surface area contributed by atoms with Crippen LogP contribution in [0.3, 0.4) is 0 Å². The van der Waals surface area contributed by atoms with Gasteiger partial charge in [0.05, 0.1) is 6.54 Å². The Hall–Kier alpha value is -2.69. The number of carbonyl (C=O) groups is 1. The van der Waals surface area contributed by atoms with Crippen molar-refractivity contribution in [2.45, 2.75) is 19.8 Å². The molecule has 1 fully saturated rings. The minimum absolute atomic E-state index is 0.157. The largest absolute Gasteiger partial charge is 0.490 e. The number of nitrogens with zero attached hydrogens (tertiary/aromatic N) is 1. The first kappa shape index (κ1) is 19.1. The van der Waals surface area contributed by atoms with Crippen molar-refractivity contribution in [3.8, 4) is 11.5 Å². The van der Waals surface area contributed by atoms with Gasteiger partial charge in [0, 0.05) is 24.8 Å². The molecule has 0 atom stereocenters. The lowest BCUT2D eigenvalue weighted by atomic mass is 9.99. The summed E-state index contributed by atoms with van der Waals surface area (Å²) in [7, 11) is 0. The molecule has 1 N–H and O–H groups in total. The van der Waals surface area contributed by atoms with Crippen LogP contribution in [-0.4, -0.2) is 43.7 Å². The van der Waals surface area contributed by atoms with E-state index in [0.717, 1.165) is 49.0 Å². The molecule has 1 aliphatic rings. The number of piperidine rings is 1. The number of likely N-dealkylation sites (tertiary alicyclic amines) is 1. The van der Waals surface area contributed by atoms with E-state index in [1.165, 1.54) is 0 Å². The standard InChI is InChI=1S/C22H28N2O3/c1-18-10-12-24(13-11-18)22(25)17-23-19-6-5-9-21(16-19)27-15-14-26-20-7-3-2-4-8-20/h2-9,16,18,23H,10-15,17H2,1H3. The van der Waals surface area contributed by atoms with Crippen molar-refractivity contribution in [3.63, 3.8) is 0 Å². The van der Waals surface area contributed by atoms with Crippen molar-refractivity contribution >= 4 is 11.6 Å². The lowest BCUT2D eigenvalue weighted by Crippen LogP contribution is -2.40. The number of benzene rings is 2. The van der Waals surface area contributed by atoms with E-state index in [9.17, 15) is 4.79 Å². The molecule has 0 bridgehead atoms. The van der Waals surface area contributed by atoms with E-state index in [2.05, 4.69) is 12.2 Å². The van der Waals surface area contributed by atoms with Gasteiger partial charge >= 0.3 is 0 Å². The van der Waals surface area contributed by atoms with Crippen LogP contribution in [-0.2, 0) is 4.79 Å². The van der Waals surface area contributed by atoms with Crippen molar-refractivity contribution in [2.75, 3.05) is 38.2 Å². The second-order valence-corrected chi connectivity index (χ2v) is 6.95. The molecule has 1 aliphatic heterocycles. The summed E-state index contributed by atoms with van der Waals surface area (Å²) >= 11 is 0. The molecule has 0 unspecified atom stereocenters. The van der Waals surface area contributed by atoms with Crippen LogP contribution in [0, 0.1) is 5.92 Å². The van der Waals surface area contributed by atoms with Crippen LogP contribution in [0.25, 0.3) is 0 Å². The normalized spacial score (nSPS) is 14.6. The van der Waals surface area contributed by atoms with Crippen LogP contribution in [0.15, 0.2) is 54.6 Å². The molecule has 0 spiro atoms. The van der Waals surface area contributed by atoms with Gasteiger partial charge in [-0.3, -0.25) is 4.79 Å². The minimum Gasteiger partial charge on any atom is -0.490 e. The zero-order valence-corrected chi connectivity index (χ0v) is 15.9. The highest BCUT2D eigenvalue weighted by atomic mass is 16.5. The number of hydrogen-bond acceptors (Lipinski definition) is 4. The number of anilines is 1. The molecule has 144 valence electrons. The third-order valence-electron chi connectivity index (χ3n) is 4.78. The van der Waals surface area contributed by atoms with Gasteiger partial charge in [0.25, 0.3) is 0 Å². The average Bonchev–Trinajstić information content (AvgIpc) is 2.71. The van der Waals surface area contributed by atoms with Gasteiger partial charge in [-0.2, -0.15) is 0 Å². The molecule has 1 saturated heterocycles. The van der Waals surface area contributed by atoms with E-state index in [4.69, 9.17) is 9.47 Å². The molecule has 3 rings (SSSR count). The number of carbonyl (C=O) groups excluding carboxylic acids is 1. The van der Waals surface area contributed by atoms with Crippen molar-refractivity contribution in [3.05, 3.63) is 54.6 Å². The van der Waals surface area contributed by atoms with E-state index in [1.54, 1.807) is 0 Å². The Morgan fingerprint density at radius 2 is 1.67 bits per heavy atom. The van der Waals surface area contributed by atoms with Gasteiger partial charge in [0.15, 0.2) is 0 Å². The predicted octanol–water partition coefficient (Wildman–Crippen LogP) is 3.81. The predicted molar refractivity (Wildman–Crippen MR) is 107 cm³/mol. The highest BCUT2D eigenvalue weighted by molar-refractivity contribution is 5.81. The fraction of sp³-hybridized carbons (Fsp3) is 0.409. The third-order valence-corrected chi connectivity index (χ3v) is 4.78. The van der Waals surface area contributed by atoms with Gasteiger partial charge in [0.1, 0.15) is 24.7 Å². The van der Waals surface area contributed by atoms with Gasteiger partial charge in [0.2, 0.25) is 5.91 Å². The van der Waals surface area contributed by atoms with E-state index < -0.39 is 0 Å². The van der Waals surface area contributed by atoms with Crippen LogP contribution in [0.5, 0.6) is 11.5 Å². The van der Waals surface area contributed by atoms with E-state index in [1.807, 2.05) is 59.5 Å². The maximum atomic E-state index is 12.3. The molecule has 2 aromatic carbocycles. The number of amides is 1. The monoisotopic (exact) mass is 368 g/mol. The van der Waals surface area contributed by atoms with Crippen LogP contribution in [0.2, 0.25) is 0 Å². The topological polar surface area (TPSA) is 50.8 Å². The number of hydrogen-bond donors (Lipinski definition) is 1. The number of para-hydroxylation sites is 1. The van der Waals surface area contributed by atoms with Crippen LogP contribution in [0.1, 0.15) is 19.8 Å². The molecule has 0 radical (unpaired) electrons. The summed E-state index contributed by atoms with van der Waals surface area (Å²) in [4.78, 5) is 14.3. The second-order valence-electron chi connectivity index (χ2n) is 6.95. The first-order valence-electron chi connectivity index (χ1n) is 9.63. The van der Waals surface area contributed by atoms with Crippen molar-refractivity contribution < 1.29 is 14.3 Å². The zero-order chi connectivity index (χ0) is 18.9. The highest BCUT2D eigenvalue weighted by Gasteiger charge is 2.19. The summed E-state index contributed by atoms with van der Waals surface area (Å²) in [6.07, 6.45) is 2.19. The first-order chi connectivity index (χ1) is 13.2. The lowest BCUT2D eigenvalue weighted by molar-refractivity contribution is -0.130. The maximum absolute atomic E-state index is 12.3. The summed E-state index contributed by atoms with van der Waals surface area (Å²) < 4.78 is 11.4. The number of ether oxygens (including phenoxy) is 2. The molecular weight excluding hydrogens is 340 g/mol. The highest BCUT2D eigenvalue weighted by Crippen LogP contribution is 2.19. The van der Waals surface area contributed by atoms with E-state index in [-0.39, 0.29) is 5.91 Å². The first-order valence-corrected chi connectivity index (χ1v) is 9.63. The summed E-state index contributed by atoms with van der Waals surface area (Å²) in [6, 6.07) is 17.4. The molecular formula is C22H28N2O3. The Morgan fingerprint density at radius 3 is 2.41 bits per heavy atom. The Balaban J connectivity index is 1.40. The Bertz CT molecular complexity index is 713. The summed E-state index contributed by atoms with van der Waals surface area (Å²) in [6.45, 7) is 5.24. The molecule has 1 amide bonds. The molecule has 5 nitrogen and oxygen atoms in total. The quantitative estimate of drug-likeness (QED) is 0.720. The zero-order valence-electron chi connectivity index (χ0n) is 15.9. The summed E-state index contributed by atoms with van der Waals surface area (Å²) in [5.74, 6) is 2.48. The Kier molecular flexibility index (Phi) is 6.97. The minimum atomic E-state index is 0.157. The smallest absolute Gasteiger partial charge is 0.241 e. The average molecular weight is 368 g/mol. The summed E-state index contributed by atoms with van der Waals surface area (Å²) in [5.41, 5.74) is 0.884. The second kappa shape index (κ2) is 9.86. The number of nitrogens with one attached hydrogen (secondary N) is 1. The molecule has 5 heteroatoms. The maximum Gasteiger partial charge on any atom is 0.241 e. The third kappa shape index (κ3) is 6.20. The lowest BCUT2D eigenvalue weighted by Gasteiger charge is -2.30. The Labute approximate surface area is 161 Å². The molecule has 0 saturated carbocycles. The molecule has 0 aliphatic carbocycles. The van der Waals surface area contributed by atoms with Crippen molar-refractivity contribution in [1.29, 1.82) is 0 Å². The van der Waals surface area contributed by atoms with Crippen molar-refractivity contribution in [1.82, 2.24) is 4.90 Å². The Morgan fingerprint density at radius 1 is 1.00 bits per heavy atom. The van der Waals surface area contributed by atoms with Gasteiger partial charge in [-0.05, 0) is 43.0 Å². The van der Waals surface area contributed by atoms with Crippen molar-refractivity contribution in [2.24, 2.45) is 5.92 Å². The van der Waals surface area contributed by atoms with Gasteiger partial charge in [-0.15, -0.1) is 0 Å².